The molecular weight excluding hydrogens is 310 g/mol. The van der Waals surface area contributed by atoms with Crippen molar-refractivity contribution in [2.45, 2.75) is 39.0 Å². The first-order valence-electron chi connectivity index (χ1n) is 6.97. The van der Waals surface area contributed by atoms with Crippen molar-refractivity contribution >= 4 is 25.6 Å². The third-order valence-corrected chi connectivity index (χ3v) is 5.65. The van der Waals surface area contributed by atoms with Gasteiger partial charge < -0.3 is 4.90 Å². The number of halogens is 1. The molecule has 1 aliphatic heterocycles. The summed E-state index contributed by atoms with van der Waals surface area (Å²) in [7, 11) is 1.66. The Balaban J connectivity index is 2.57. The largest absolute Gasteiger partial charge is 0.338 e. The van der Waals surface area contributed by atoms with Gasteiger partial charge in [-0.25, -0.2) is 8.42 Å². The molecule has 2 rings (SSSR count). The van der Waals surface area contributed by atoms with Crippen LogP contribution in [0.3, 0.4) is 0 Å². The summed E-state index contributed by atoms with van der Waals surface area (Å²) in [4.78, 5) is 14.6. The average Bonchev–Trinajstić information content (AvgIpc) is 2.72. The molecule has 1 atom stereocenters. The normalized spacial score (nSPS) is 19.1. The van der Waals surface area contributed by atoms with Crippen LogP contribution in [0.4, 0.5) is 0 Å². The minimum absolute atomic E-state index is 0.0605. The lowest BCUT2D eigenvalue weighted by molar-refractivity contribution is 0.0786. The number of aryl methyl sites for hydroxylation is 2. The molecule has 0 aromatic heterocycles. The maximum atomic E-state index is 12.7. The molecule has 1 aliphatic rings. The highest BCUT2D eigenvalue weighted by Gasteiger charge is 2.29. The maximum absolute atomic E-state index is 12.7. The zero-order chi connectivity index (χ0) is 15.9. The predicted octanol–water partition coefficient (Wildman–Crippen LogP) is 3.02. The molecule has 1 aromatic carbocycles. The summed E-state index contributed by atoms with van der Waals surface area (Å²) in [5, 5.41) is 0. The number of carbonyl (C=O) groups is 1. The quantitative estimate of drug-likeness (QED) is 0.784. The highest BCUT2D eigenvalue weighted by atomic mass is 35.7. The molecule has 1 amide bonds. The van der Waals surface area contributed by atoms with Crippen molar-refractivity contribution < 1.29 is 13.2 Å². The van der Waals surface area contributed by atoms with Gasteiger partial charge >= 0.3 is 0 Å². The summed E-state index contributed by atoms with van der Waals surface area (Å²) in [6, 6.07) is 1.72. The van der Waals surface area contributed by atoms with Gasteiger partial charge in [0.1, 0.15) is 0 Å². The first kappa shape index (κ1) is 16.3. The van der Waals surface area contributed by atoms with Gasteiger partial charge in [-0.05, 0) is 49.8 Å². The van der Waals surface area contributed by atoms with E-state index in [1.807, 2.05) is 6.92 Å². The van der Waals surface area contributed by atoms with E-state index in [9.17, 15) is 13.2 Å². The van der Waals surface area contributed by atoms with Crippen LogP contribution in [0.2, 0.25) is 0 Å². The molecule has 1 saturated heterocycles. The number of benzene rings is 1. The Morgan fingerprint density at radius 2 is 1.90 bits per heavy atom. The highest BCUT2D eigenvalue weighted by Crippen LogP contribution is 2.30. The molecule has 0 spiro atoms. The molecule has 21 heavy (non-hydrogen) atoms. The Hall–Kier alpha value is -1.07. The topological polar surface area (TPSA) is 54.5 Å². The fourth-order valence-corrected chi connectivity index (χ4v) is 4.77. The number of hydrogen-bond donors (Lipinski definition) is 0. The van der Waals surface area contributed by atoms with Crippen LogP contribution in [-0.4, -0.2) is 32.3 Å². The van der Waals surface area contributed by atoms with Crippen molar-refractivity contribution in [3.8, 4) is 0 Å². The second kappa shape index (κ2) is 5.61. The summed E-state index contributed by atoms with van der Waals surface area (Å²) in [5.74, 6) is 0.382. The van der Waals surface area contributed by atoms with Gasteiger partial charge in [0.15, 0.2) is 0 Å². The Bertz CT molecular complexity index is 697. The minimum Gasteiger partial charge on any atom is -0.338 e. The second-order valence-electron chi connectivity index (χ2n) is 5.92. The standard InChI is InChI=1S/C15H20ClNO3S/c1-9-5-6-17(8-9)15(18)13-10(2)7-11(3)14(12(13)4)21(16,19)20/h7,9H,5-6,8H2,1-4H3. The molecular formula is C15H20ClNO3S. The maximum Gasteiger partial charge on any atom is 0.261 e. The van der Waals surface area contributed by atoms with Crippen molar-refractivity contribution in [2.24, 2.45) is 5.92 Å². The number of rotatable bonds is 2. The number of amides is 1. The third kappa shape index (κ3) is 3.09. The van der Waals surface area contributed by atoms with Crippen molar-refractivity contribution in [2.75, 3.05) is 13.1 Å². The molecule has 1 heterocycles. The highest BCUT2D eigenvalue weighted by molar-refractivity contribution is 8.13. The summed E-state index contributed by atoms with van der Waals surface area (Å²) in [5.41, 5.74) is 2.28. The molecule has 0 radical (unpaired) electrons. The number of likely N-dealkylation sites (tertiary alicyclic amines) is 1. The number of hydrogen-bond acceptors (Lipinski definition) is 3. The van der Waals surface area contributed by atoms with Gasteiger partial charge in [0.25, 0.3) is 15.0 Å². The van der Waals surface area contributed by atoms with Gasteiger partial charge in [0.2, 0.25) is 0 Å². The Labute approximate surface area is 130 Å². The Morgan fingerprint density at radius 3 is 2.38 bits per heavy atom. The predicted molar refractivity (Wildman–Crippen MR) is 83.4 cm³/mol. The third-order valence-electron chi connectivity index (χ3n) is 4.07. The minimum atomic E-state index is -3.87. The van der Waals surface area contributed by atoms with E-state index in [0.717, 1.165) is 18.5 Å². The molecule has 1 fully saturated rings. The first-order valence-corrected chi connectivity index (χ1v) is 9.28. The molecule has 0 aliphatic carbocycles. The molecule has 0 saturated carbocycles. The van der Waals surface area contributed by atoms with Crippen molar-refractivity contribution in [3.63, 3.8) is 0 Å². The van der Waals surface area contributed by atoms with Crippen molar-refractivity contribution in [1.29, 1.82) is 0 Å². The monoisotopic (exact) mass is 329 g/mol. The van der Waals surface area contributed by atoms with E-state index in [0.29, 0.717) is 29.2 Å². The van der Waals surface area contributed by atoms with Crippen LogP contribution in [0.25, 0.3) is 0 Å². The van der Waals surface area contributed by atoms with Crippen LogP contribution >= 0.6 is 10.7 Å². The van der Waals surface area contributed by atoms with Gasteiger partial charge in [-0.2, -0.15) is 0 Å². The van der Waals surface area contributed by atoms with E-state index >= 15 is 0 Å². The molecule has 0 N–H and O–H groups in total. The molecule has 116 valence electrons. The van der Waals surface area contributed by atoms with Crippen LogP contribution in [0.5, 0.6) is 0 Å². The van der Waals surface area contributed by atoms with Crippen LogP contribution in [0, 0.1) is 26.7 Å². The summed E-state index contributed by atoms with van der Waals surface area (Å²) in [6.45, 7) is 8.72. The average molecular weight is 330 g/mol. The van der Waals surface area contributed by atoms with E-state index in [1.165, 1.54) is 0 Å². The van der Waals surface area contributed by atoms with Crippen LogP contribution in [0.1, 0.15) is 40.4 Å². The van der Waals surface area contributed by atoms with Crippen LogP contribution in [0.15, 0.2) is 11.0 Å². The SMILES string of the molecule is Cc1cc(C)c(S(=O)(=O)Cl)c(C)c1C(=O)N1CCC(C)C1. The molecule has 6 heteroatoms. The summed E-state index contributed by atoms with van der Waals surface area (Å²) >= 11 is 0. The fourth-order valence-electron chi connectivity index (χ4n) is 3.15. The smallest absolute Gasteiger partial charge is 0.261 e. The van der Waals surface area contributed by atoms with E-state index in [4.69, 9.17) is 10.7 Å². The lowest BCUT2D eigenvalue weighted by Crippen LogP contribution is -2.30. The molecule has 1 unspecified atom stereocenters. The van der Waals surface area contributed by atoms with Gasteiger partial charge in [-0.3, -0.25) is 4.79 Å². The van der Waals surface area contributed by atoms with Crippen molar-refractivity contribution in [3.05, 3.63) is 28.3 Å². The van der Waals surface area contributed by atoms with Crippen LogP contribution in [-0.2, 0) is 9.05 Å². The molecule has 4 nitrogen and oxygen atoms in total. The zero-order valence-electron chi connectivity index (χ0n) is 12.7. The van der Waals surface area contributed by atoms with E-state index < -0.39 is 9.05 Å². The first-order chi connectivity index (χ1) is 9.62. The second-order valence-corrected chi connectivity index (χ2v) is 8.43. The lowest BCUT2D eigenvalue weighted by atomic mass is 9.98. The van der Waals surface area contributed by atoms with Gasteiger partial charge in [0, 0.05) is 29.3 Å². The van der Waals surface area contributed by atoms with E-state index in [1.54, 1.807) is 24.8 Å². The lowest BCUT2D eigenvalue weighted by Gasteiger charge is -2.21. The molecule has 0 bridgehead atoms. The van der Waals surface area contributed by atoms with Gasteiger partial charge in [0.05, 0.1) is 4.90 Å². The number of carbonyl (C=O) groups excluding carboxylic acids is 1. The van der Waals surface area contributed by atoms with E-state index in [2.05, 4.69) is 6.92 Å². The fraction of sp³-hybridized carbons (Fsp3) is 0.533. The molecule has 1 aromatic rings. The van der Waals surface area contributed by atoms with Crippen molar-refractivity contribution in [1.82, 2.24) is 4.90 Å². The van der Waals surface area contributed by atoms with Crippen LogP contribution < -0.4 is 0 Å². The van der Waals surface area contributed by atoms with Gasteiger partial charge in [-0.1, -0.05) is 13.0 Å². The number of nitrogens with zero attached hydrogens (tertiary/aromatic N) is 1. The van der Waals surface area contributed by atoms with Gasteiger partial charge in [-0.15, -0.1) is 0 Å². The summed E-state index contributed by atoms with van der Waals surface area (Å²) in [6.07, 6.45) is 0.982. The Kier molecular flexibility index (Phi) is 4.36. The summed E-state index contributed by atoms with van der Waals surface area (Å²) < 4.78 is 23.5. The Morgan fingerprint density at radius 1 is 1.29 bits per heavy atom. The van der Waals surface area contributed by atoms with E-state index in [-0.39, 0.29) is 10.8 Å². The zero-order valence-corrected chi connectivity index (χ0v) is 14.3.